The van der Waals surface area contributed by atoms with E-state index in [0.29, 0.717) is 5.75 Å². The SMILES string of the molecule is CC(=O)O[C@H]1C2[C@H](C3[C@@H](O)[C@@H]4[C@H]([C@H](C)[C@H]5O[C@]56OC(=O)[C@@](C)(O)[C@]46C)[C@@]3(C(C)=O)[C@H]1O)[C@@H](O)[C@@H](NC(=O)CCN1C(=O)CC(SCCc3ccccc3)C1=O)C1C[C@@H]3O[C@@H]3[C@H](O)[C@@]12C. The fourth-order valence-corrected chi connectivity index (χ4v) is 16.5. The number of nitrogens with zero attached hydrogens (tertiary/aromatic N) is 1. The fraction of sp³-hybridized carbons (Fsp3) is 0.739. The van der Waals surface area contributed by atoms with E-state index in [1.54, 1.807) is 20.8 Å². The minimum atomic E-state index is -2.24. The van der Waals surface area contributed by atoms with Crippen molar-refractivity contribution in [1.29, 1.82) is 0 Å². The molecular formula is C46H58N2O15S. The van der Waals surface area contributed by atoms with Crippen molar-refractivity contribution in [3.63, 3.8) is 0 Å². The Morgan fingerprint density at radius 2 is 1.66 bits per heavy atom. The molecule has 17 nitrogen and oxygen atoms in total. The van der Waals surface area contributed by atoms with Gasteiger partial charge in [0.15, 0.2) is 5.60 Å². The first-order chi connectivity index (χ1) is 30.1. The summed E-state index contributed by atoms with van der Waals surface area (Å²) in [6.07, 6.45) is -9.16. The number of amides is 3. The molecule has 0 bridgehead atoms. The lowest BCUT2D eigenvalue weighted by atomic mass is 9.39. The molecule has 0 aromatic heterocycles. The molecule has 348 valence electrons. The van der Waals surface area contributed by atoms with E-state index in [1.807, 2.05) is 30.3 Å². The number of aryl methyl sites for hydroxylation is 1. The standard InChI is InChI=1S/C46H58N2O15S/c1-18-28-31(43(5)44(6,59)41(58)63-46(43)39(18)62-46)34(54)29-27-30(36(60-20(3)50)38(56)45(28,29)19(2)49)42(4)22(16-23-35(61-23)37(42)55)32(33(27)53)47-25(51)12-14-48-26(52)17-24(40(48)57)64-15-13-21-10-8-7-9-11-21/h7-11,18,22-24,27-39,53-56,59H,12-17H2,1-6H3,(H,47,51)/t18-,22?,23-,24?,27-,28-,29?,30?,31-,32-,33+,34+,35-,36-,37-,38-,39+,42-,43-,44+,45+,46-/m0/s1. The largest absolute Gasteiger partial charge is 0.459 e. The Balaban J connectivity index is 0.995. The zero-order chi connectivity index (χ0) is 46.0. The van der Waals surface area contributed by atoms with Gasteiger partial charge in [-0.15, -0.1) is 11.8 Å². The number of hydrogen-bond donors (Lipinski definition) is 6. The van der Waals surface area contributed by atoms with Crippen molar-refractivity contribution in [2.75, 3.05) is 12.3 Å². The third kappa shape index (κ3) is 5.50. The molecule has 64 heavy (non-hydrogen) atoms. The van der Waals surface area contributed by atoms with Crippen molar-refractivity contribution in [2.24, 2.45) is 57.7 Å². The second-order valence-corrected chi connectivity index (χ2v) is 22.0. The van der Waals surface area contributed by atoms with Crippen molar-refractivity contribution >= 4 is 47.2 Å². The van der Waals surface area contributed by atoms with Gasteiger partial charge in [-0.25, -0.2) is 4.79 Å². The highest BCUT2D eigenvalue weighted by Gasteiger charge is 2.93. The molecule has 6 N–H and O–H groups in total. The summed E-state index contributed by atoms with van der Waals surface area (Å²) in [4.78, 5) is 83.2. The Labute approximate surface area is 374 Å². The van der Waals surface area contributed by atoms with Gasteiger partial charge in [0.2, 0.25) is 23.5 Å². The van der Waals surface area contributed by atoms with Crippen LogP contribution in [0, 0.1) is 57.7 Å². The van der Waals surface area contributed by atoms with Crippen LogP contribution in [-0.2, 0) is 54.1 Å². The van der Waals surface area contributed by atoms with Crippen molar-refractivity contribution in [2.45, 2.75) is 139 Å². The first-order valence-electron chi connectivity index (χ1n) is 22.6. The van der Waals surface area contributed by atoms with Gasteiger partial charge in [0.1, 0.15) is 30.2 Å². The highest BCUT2D eigenvalue weighted by Crippen LogP contribution is 2.80. The van der Waals surface area contributed by atoms with Crippen LogP contribution >= 0.6 is 11.8 Å². The second kappa shape index (κ2) is 14.5. The number of nitrogens with one attached hydrogen (secondary N) is 1. The van der Waals surface area contributed by atoms with E-state index in [2.05, 4.69) is 5.32 Å². The molecule has 4 saturated heterocycles. The average Bonchev–Trinajstić information content (AvgIpc) is 4.13. The minimum Gasteiger partial charge on any atom is -0.459 e. The summed E-state index contributed by atoms with van der Waals surface area (Å²) in [5, 5.41) is 65.8. The van der Waals surface area contributed by atoms with Gasteiger partial charge in [0, 0.05) is 55.4 Å². The van der Waals surface area contributed by atoms with Gasteiger partial charge in [0.05, 0.1) is 46.5 Å². The van der Waals surface area contributed by atoms with Crippen molar-refractivity contribution in [1.82, 2.24) is 10.2 Å². The number of carbonyl (C=O) groups excluding carboxylic acids is 6. The van der Waals surface area contributed by atoms with Crippen LogP contribution in [-0.4, -0.2) is 150 Å². The van der Waals surface area contributed by atoms with Crippen LogP contribution in [0.25, 0.3) is 0 Å². The van der Waals surface area contributed by atoms with Crippen LogP contribution in [0.4, 0.5) is 0 Å². The number of hydrogen-bond acceptors (Lipinski definition) is 16. The van der Waals surface area contributed by atoms with Gasteiger partial charge in [-0.1, -0.05) is 44.2 Å². The smallest absolute Gasteiger partial charge is 0.341 e. The molecule has 9 fully saturated rings. The third-order valence-corrected chi connectivity index (χ3v) is 19.5. The maximum absolute atomic E-state index is 14.8. The van der Waals surface area contributed by atoms with E-state index in [0.717, 1.165) is 23.8 Å². The first kappa shape index (κ1) is 44.4. The highest BCUT2D eigenvalue weighted by atomic mass is 32.2. The number of esters is 2. The number of Topliss-reactive ketones (excluding diaryl/α,β-unsaturated/α-hetero) is 1. The molecule has 0 radical (unpaired) electrons. The first-order valence-corrected chi connectivity index (χ1v) is 23.7. The summed E-state index contributed by atoms with van der Waals surface area (Å²) < 4.78 is 24.0. The number of epoxide rings is 2. The monoisotopic (exact) mass is 910 g/mol. The molecule has 5 saturated carbocycles. The number of rotatable bonds is 10. The third-order valence-electron chi connectivity index (χ3n) is 18.2. The molecule has 5 aliphatic carbocycles. The summed E-state index contributed by atoms with van der Waals surface area (Å²) in [7, 11) is 0. The summed E-state index contributed by atoms with van der Waals surface area (Å²) in [5.41, 5.74) is -6.21. The normalized spacial score (nSPS) is 51.3. The molecule has 10 rings (SSSR count). The number of aliphatic hydroxyl groups is 5. The summed E-state index contributed by atoms with van der Waals surface area (Å²) in [6.45, 7) is 8.53. The van der Waals surface area contributed by atoms with Gasteiger partial charge in [0.25, 0.3) is 0 Å². The van der Waals surface area contributed by atoms with E-state index in [1.165, 1.54) is 25.6 Å². The van der Waals surface area contributed by atoms with Crippen LogP contribution in [0.3, 0.4) is 0 Å². The number of ether oxygens (including phenoxy) is 4. The number of imide groups is 1. The van der Waals surface area contributed by atoms with Crippen molar-refractivity contribution in [3.05, 3.63) is 35.9 Å². The quantitative estimate of drug-likeness (QED) is 0.102. The Hall–Kier alpha value is -3.49. The van der Waals surface area contributed by atoms with E-state index < -0.39 is 159 Å². The van der Waals surface area contributed by atoms with Crippen LogP contribution in [0.15, 0.2) is 30.3 Å². The number of ketones is 1. The Kier molecular flexibility index (Phi) is 10.1. The van der Waals surface area contributed by atoms with Gasteiger partial charge >= 0.3 is 11.9 Å². The Morgan fingerprint density at radius 1 is 0.953 bits per heavy atom. The molecule has 4 heterocycles. The molecule has 18 heteroatoms. The summed E-state index contributed by atoms with van der Waals surface area (Å²) in [6, 6.07) is 8.61. The van der Waals surface area contributed by atoms with Crippen molar-refractivity contribution < 1.29 is 73.2 Å². The van der Waals surface area contributed by atoms with E-state index >= 15 is 0 Å². The molecule has 1 spiro atoms. The van der Waals surface area contributed by atoms with Gasteiger partial charge in [-0.3, -0.25) is 28.9 Å². The summed E-state index contributed by atoms with van der Waals surface area (Å²) >= 11 is 1.39. The molecule has 4 aliphatic heterocycles. The van der Waals surface area contributed by atoms with Gasteiger partial charge < -0.3 is 49.8 Å². The predicted molar refractivity (Wildman–Crippen MR) is 221 cm³/mol. The number of thioether (sulfide) groups is 1. The minimum absolute atomic E-state index is 0.00547. The molecule has 3 amide bonds. The number of benzene rings is 1. The predicted octanol–water partition coefficient (Wildman–Crippen LogP) is -0.110. The van der Waals surface area contributed by atoms with Gasteiger partial charge in [-0.05, 0) is 62.7 Å². The number of likely N-dealkylation sites (tertiary alicyclic amines) is 1. The van der Waals surface area contributed by atoms with Crippen LogP contribution < -0.4 is 5.32 Å². The van der Waals surface area contributed by atoms with Crippen LogP contribution in [0.1, 0.15) is 66.4 Å². The molecule has 1 aromatic rings. The maximum Gasteiger partial charge on any atom is 0.341 e. The molecular weight excluding hydrogens is 853 g/mol. The topological polar surface area (TPSA) is 262 Å². The number of aliphatic hydroxyl groups excluding tert-OH is 4. The highest BCUT2D eigenvalue weighted by molar-refractivity contribution is 8.00. The zero-order valence-electron chi connectivity index (χ0n) is 36.6. The molecule has 1 aromatic carbocycles. The molecule has 9 aliphatic rings. The lowest BCUT2D eigenvalue weighted by Crippen LogP contribution is -2.77. The fourth-order valence-electron chi connectivity index (χ4n) is 15.3. The van der Waals surface area contributed by atoms with E-state index in [4.69, 9.17) is 18.9 Å². The lowest BCUT2D eigenvalue weighted by molar-refractivity contribution is -0.279. The number of carbonyl (C=O) groups is 6. The van der Waals surface area contributed by atoms with E-state index in [9.17, 15) is 54.3 Å². The van der Waals surface area contributed by atoms with E-state index in [-0.39, 0.29) is 31.7 Å². The second-order valence-electron chi connectivity index (χ2n) is 20.7. The Bertz CT molecular complexity index is 2190. The van der Waals surface area contributed by atoms with Gasteiger partial charge in [-0.2, -0.15) is 0 Å². The zero-order valence-corrected chi connectivity index (χ0v) is 37.4. The van der Waals surface area contributed by atoms with Crippen LogP contribution in [0.2, 0.25) is 0 Å². The summed E-state index contributed by atoms with van der Waals surface area (Å²) in [5.74, 6) is -12.2. The van der Waals surface area contributed by atoms with Crippen LogP contribution in [0.5, 0.6) is 0 Å². The van der Waals surface area contributed by atoms with Crippen molar-refractivity contribution in [3.8, 4) is 0 Å². The maximum atomic E-state index is 14.8. The molecule has 4 unspecified atom stereocenters. The lowest BCUT2D eigenvalue weighted by Gasteiger charge is -2.67. The Morgan fingerprint density at radius 3 is 2.33 bits per heavy atom. The number of fused-ring (bicyclic) bond motifs is 9. The molecule has 22 atom stereocenters. The average molecular weight is 911 g/mol.